The fourth-order valence-corrected chi connectivity index (χ4v) is 1.58. The number of pyridine rings is 2. The number of rotatable bonds is 1. The number of aromatic nitrogens is 4. The average molecular weight is 211 g/mol. The molecular formula is C11H9N5. The van der Waals surface area contributed by atoms with Crippen LogP contribution in [0.5, 0.6) is 0 Å². The second kappa shape index (κ2) is 3.30. The lowest BCUT2D eigenvalue weighted by atomic mass is 10.2. The first-order valence-electron chi connectivity index (χ1n) is 4.86. The van der Waals surface area contributed by atoms with Crippen LogP contribution >= 0.6 is 0 Å². The maximum Gasteiger partial charge on any atom is 0.169 e. The van der Waals surface area contributed by atoms with Crippen LogP contribution in [-0.4, -0.2) is 19.6 Å². The SMILES string of the molecule is Nc1ccc(-c2nnc3ccccn23)cn1. The van der Waals surface area contributed by atoms with Crippen LogP contribution in [0.2, 0.25) is 0 Å². The van der Waals surface area contributed by atoms with Crippen LogP contribution < -0.4 is 5.73 Å². The van der Waals surface area contributed by atoms with Crippen molar-refractivity contribution < 1.29 is 0 Å². The molecule has 5 heteroatoms. The molecule has 0 spiro atoms. The smallest absolute Gasteiger partial charge is 0.169 e. The fourth-order valence-electron chi connectivity index (χ4n) is 1.58. The molecule has 0 aliphatic rings. The van der Waals surface area contributed by atoms with Crippen LogP contribution in [0, 0.1) is 0 Å². The Hall–Kier alpha value is -2.43. The molecule has 16 heavy (non-hydrogen) atoms. The Balaban J connectivity index is 2.22. The fraction of sp³-hybridized carbons (Fsp3) is 0. The largest absolute Gasteiger partial charge is 0.384 e. The number of nitrogens with zero attached hydrogens (tertiary/aromatic N) is 4. The van der Waals surface area contributed by atoms with Gasteiger partial charge in [0.1, 0.15) is 5.82 Å². The lowest BCUT2D eigenvalue weighted by molar-refractivity contribution is 1.11. The van der Waals surface area contributed by atoms with Crippen molar-refractivity contribution in [2.75, 3.05) is 5.73 Å². The van der Waals surface area contributed by atoms with E-state index >= 15 is 0 Å². The summed E-state index contributed by atoms with van der Waals surface area (Å²) >= 11 is 0. The molecule has 3 heterocycles. The topological polar surface area (TPSA) is 69.1 Å². The number of anilines is 1. The van der Waals surface area contributed by atoms with Gasteiger partial charge in [0.25, 0.3) is 0 Å². The van der Waals surface area contributed by atoms with Gasteiger partial charge in [-0.1, -0.05) is 6.07 Å². The molecule has 78 valence electrons. The maximum atomic E-state index is 5.54. The summed E-state index contributed by atoms with van der Waals surface area (Å²) in [7, 11) is 0. The number of hydrogen-bond donors (Lipinski definition) is 1. The van der Waals surface area contributed by atoms with E-state index < -0.39 is 0 Å². The molecule has 0 bridgehead atoms. The molecule has 0 unspecified atom stereocenters. The third-order valence-electron chi connectivity index (χ3n) is 2.36. The highest BCUT2D eigenvalue weighted by atomic mass is 15.2. The molecule has 0 aliphatic heterocycles. The highest BCUT2D eigenvalue weighted by Crippen LogP contribution is 2.17. The summed E-state index contributed by atoms with van der Waals surface area (Å²) in [5.74, 6) is 1.26. The molecule has 0 fully saturated rings. The summed E-state index contributed by atoms with van der Waals surface area (Å²) in [4.78, 5) is 4.04. The van der Waals surface area contributed by atoms with E-state index in [-0.39, 0.29) is 0 Å². The van der Waals surface area contributed by atoms with E-state index in [2.05, 4.69) is 15.2 Å². The summed E-state index contributed by atoms with van der Waals surface area (Å²) in [6.45, 7) is 0. The monoisotopic (exact) mass is 211 g/mol. The van der Waals surface area contributed by atoms with Crippen LogP contribution in [0.1, 0.15) is 0 Å². The molecule has 0 aliphatic carbocycles. The predicted octanol–water partition coefficient (Wildman–Crippen LogP) is 1.37. The molecule has 0 radical (unpaired) electrons. The second-order valence-corrected chi connectivity index (χ2v) is 3.42. The number of nitrogens with two attached hydrogens (primary N) is 1. The minimum absolute atomic E-state index is 0.498. The lowest BCUT2D eigenvalue weighted by Gasteiger charge is -1.99. The van der Waals surface area contributed by atoms with E-state index in [0.717, 1.165) is 17.0 Å². The van der Waals surface area contributed by atoms with Gasteiger partial charge in [0, 0.05) is 18.0 Å². The Morgan fingerprint density at radius 1 is 1.06 bits per heavy atom. The highest BCUT2D eigenvalue weighted by Gasteiger charge is 2.06. The number of fused-ring (bicyclic) bond motifs is 1. The van der Waals surface area contributed by atoms with Gasteiger partial charge in [-0.25, -0.2) is 4.98 Å². The van der Waals surface area contributed by atoms with E-state index in [4.69, 9.17) is 5.73 Å². The average Bonchev–Trinajstić information content (AvgIpc) is 2.74. The summed E-state index contributed by atoms with van der Waals surface area (Å²) < 4.78 is 1.91. The van der Waals surface area contributed by atoms with Gasteiger partial charge in [-0.05, 0) is 24.3 Å². The van der Waals surface area contributed by atoms with Crippen LogP contribution in [0.25, 0.3) is 17.0 Å². The standard InChI is InChI=1S/C11H9N5/c12-9-5-4-8(7-13-9)11-15-14-10-3-1-2-6-16(10)11/h1-7H,(H2,12,13). The van der Waals surface area contributed by atoms with Gasteiger partial charge in [0.2, 0.25) is 0 Å². The second-order valence-electron chi connectivity index (χ2n) is 3.42. The van der Waals surface area contributed by atoms with E-state index in [1.807, 2.05) is 34.9 Å². The third kappa shape index (κ3) is 1.30. The molecule has 0 aromatic carbocycles. The first kappa shape index (κ1) is 8.84. The van der Waals surface area contributed by atoms with E-state index in [1.54, 1.807) is 12.3 Å². The Labute approximate surface area is 91.6 Å². The predicted molar refractivity (Wildman–Crippen MR) is 60.6 cm³/mol. The molecule has 0 amide bonds. The summed E-state index contributed by atoms with van der Waals surface area (Å²) in [5.41, 5.74) is 7.25. The van der Waals surface area contributed by atoms with Crippen LogP contribution in [0.15, 0.2) is 42.7 Å². The molecule has 0 saturated carbocycles. The number of nitrogen functional groups attached to an aromatic ring is 1. The van der Waals surface area contributed by atoms with Crippen molar-refractivity contribution in [3.8, 4) is 11.4 Å². The zero-order valence-electron chi connectivity index (χ0n) is 8.41. The highest BCUT2D eigenvalue weighted by molar-refractivity contribution is 5.59. The van der Waals surface area contributed by atoms with Crippen LogP contribution in [0.3, 0.4) is 0 Å². The zero-order valence-corrected chi connectivity index (χ0v) is 8.41. The van der Waals surface area contributed by atoms with Gasteiger partial charge < -0.3 is 5.73 Å². The molecule has 2 N–H and O–H groups in total. The molecule has 3 aromatic heterocycles. The van der Waals surface area contributed by atoms with E-state index in [9.17, 15) is 0 Å². The van der Waals surface area contributed by atoms with Gasteiger partial charge in [0.05, 0.1) is 0 Å². The van der Waals surface area contributed by atoms with Crippen molar-refractivity contribution in [3.63, 3.8) is 0 Å². The Bertz CT molecular complexity index is 626. The molecule has 3 rings (SSSR count). The molecule has 0 atom stereocenters. The van der Waals surface area contributed by atoms with Gasteiger partial charge in [-0.2, -0.15) is 0 Å². The van der Waals surface area contributed by atoms with E-state index in [1.165, 1.54) is 0 Å². The van der Waals surface area contributed by atoms with Crippen LogP contribution in [0.4, 0.5) is 5.82 Å². The van der Waals surface area contributed by atoms with Crippen molar-refractivity contribution >= 4 is 11.5 Å². The summed E-state index contributed by atoms with van der Waals surface area (Å²) in [5, 5.41) is 8.20. The maximum absolute atomic E-state index is 5.54. The van der Waals surface area contributed by atoms with Crippen molar-refractivity contribution in [1.29, 1.82) is 0 Å². The van der Waals surface area contributed by atoms with Crippen molar-refractivity contribution in [3.05, 3.63) is 42.7 Å². The summed E-state index contributed by atoms with van der Waals surface area (Å²) in [6, 6.07) is 9.39. The number of hydrogen-bond acceptors (Lipinski definition) is 4. The van der Waals surface area contributed by atoms with Crippen molar-refractivity contribution in [2.24, 2.45) is 0 Å². The quantitative estimate of drug-likeness (QED) is 0.660. The lowest BCUT2D eigenvalue weighted by Crippen LogP contribution is -1.92. The minimum Gasteiger partial charge on any atom is -0.384 e. The van der Waals surface area contributed by atoms with Crippen molar-refractivity contribution in [2.45, 2.75) is 0 Å². The zero-order chi connectivity index (χ0) is 11.0. The minimum atomic E-state index is 0.498. The van der Waals surface area contributed by atoms with Gasteiger partial charge in [-0.15, -0.1) is 10.2 Å². The molecular weight excluding hydrogens is 202 g/mol. The molecule has 3 aromatic rings. The Morgan fingerprint density at radius 3 is 2.81 bits per heavy atom. The molecule has 0 saturated heterocycles. The Morgan fingerprint density at radius 2 is 2.00 bits per heavy atom. The van der Waals surface area contributed by atoms with Gasteiger partial charge in [-0.3, -0.25) is 4.40 Å². The third-order valence-corrected chi connectivity index (χ3v) is 2.36. The van der Waals surface area contributed by atoms with Gasteiger partial charge in [0.15, 0.2) is 11.5 Å². The normalized spacial score (nSPS) is 10.8. The van der Waals surface area contributed by atoms with Gasteiger partial charge >= 0.3 is 0 Å². The first-order valence-corrected chi connectivity index (χ1v) is 4.86. The first-order chi connectivity index (χ1) is 7.84. The van der Waals surface area contributed by atoms with Crippen molar-refractivity contribution in [1.82, 2.24) is 19.6 Å². The summed E-state index contributed by atoms with van der Waals surface area (Å²) in [6.07, 6.45) is 3.61. The van der Waals surface area contributed by atoms with Crippen LogP contribution in [-0.2, 0) is 0 Å². The van der Waals surface area contributed by atoms with E-state index in [0.29, 0.717) is 5.82 Å². The molecule has 5 nitrogen and oxygen atoms in total. The Kier molecular flexibility index (Phi) is 1.83.